The number of phenols is 1. The van der Waals surface area contributed by atoms with E-state index in [1.54, 1.807) is 54.6 Å². The molecule has 3 aromatic carbocycles. The number of fused-ring (bicyclic) bond motifs is 1. The largest absolute Gasteiger partial charge is 0.508 e. The number of piperidine rings is 1. The maximum absolute atomic E-state index is 14.3. The van der Waals surface area contributed by atoms with Crippen LogP contribution in [0.1, 0.15) is 56.0 Å². The molecule has 15 heteroatoms. The SMILES string of the molecule is COC(=O)C1OC(Oc2ccc3c(C(=O)c4ccc(OCCN5CCCCC5)cc4)c(-c4ccc(O)cc4)sc3c2)C(OC(C)=O)C(OC(C)=O)C1OC(C)=O. The van der Waals surface area contributed by atoms with Crippen LogP contribution in [0.5, 0.6) is 17.2 Å². The number of esters is 4. The van der Waals surface area contributed by atoms with E-state index >= 15 is 0 Å². The normalized spacial score (nSPS) is 21.1. The molecule has 1 N–H and O–H groups in total. The van der Waals surface area contributed by atoms with E-state index in [-0.39, 0.29) is 17.3 Å². The lowest BCUT2D eigenvalue weighted by Crippen LogP contribution is -2.64. The summed E-state index contributed by atoms with van der Waals surface area (Å²) in [5.41, 5.74) is 1.57. The van der Waals surface area contributed by atoms with Crippen molar-refractivity contribution in [2.45, 2.75) is 70.7 Å². The molecule has 2 aliphatic heterocycles. The topological polar surface area (TPSA) is 173 Å². The predicted octanol–water partition coefficient (Wildman–Crippen LogP) is 5.44. The summed E-state index contributed by atoms with van der Waals surface area (Å²) in [7, 11) is 1.10. The lowest BCUT2D eigenvalue weighted by Gasteiger charge is -2.43. The fourth-order valence-electron chi connectivity index (χ4n) is 6.82. The molecule has 14 nitrogen and oxygen atoms in total. The van der Waals surface area contributed by atoms with Crippen LogP contribution >= 0.6 is 11.3 Å². The second-order valence-corrected chi connectivity index (χ2v) is 14.5. The second-order valence-electron chi connectivity index (χ2n) is 13.4. The van der Waals surface area contributed by atoms with E-state index in [1.807, 2.05) is 0 Å². The molecule has 296 valence electrons. The molecule has 56 heavy (non-hydrogen) atoms. The van der Waals surface area contributed by atoms with Crippen LogP contribution in [-0.4, -0.2) is 104 Å². The quantitative estimate of drug-likeness (QED) is 0.103. The highest BCUT2D eigenvalue weighted by molar-refractivity contribution is 7.22. The van der Waals surface area contributed by atoms with Gasteiger partial charge in [0.05, 0.1) is 7.11 Å². The molecule has 0 saturated carbocycles. The van der Waals surface area contributed by atoms with Crippen LogP contribution in [0.2, 0.25) is 0 Å². The van der Waals surface area contributed by atoms with Gasteiger partial charge in [0.25, 0.3) is 0 Å². The molecule has 0 amide bonds. The first kappa shape index (κ1) is 40.2. The number of hydrogen-bond donors (Lipinski definition) is 1. The van der Waals surface area contributed by atoms with Crippen LogP contribution in [0.15, 0.2) is 66.7 Å². The van der Waals surface area contributed by atoms with E-state index in [4.69, 9.17) is 33.2 Å². The number of ketones is 1. The molecular weight excluding hydrogens is 747 g/mol. The van der Waals surface area contributed by atoms with Crippen LogP contribution in [0.4, 0.5) is 0 Å². The number of hydrogen-bond acceptors (Lipinski definition) is 15. The van der Waals surface area contributed by atoms with Crippen molar-refractivity contribution in [3.8, 4) is 27.7 Å². The van der Waals surface area contributed by atoms with Crippen molar-refractivity contribution in [1.29, 1.82) is 0 Å². The van der Waals surface area contributed by atoms with E-state index in [1.165, 1.54) is 42.7 Å². The van der Waals surface area contributed by atoms with Gasteiger partial charge in [-0.2, -0.15) is 0 Å². The number of ether oxygens (including phenoxy) is 7. The van der Waals surface area contributed by atoms with Crippen LogP contribution in [0.25, 0.3) is 20.5 Å². The molecule has 1 aromatic heterocycles. The minimum Gasteiger partial charge on any atom is -0.508 e. The van der Waals surface area contributed by atoms with Crippen LogP contribution in [-0.2, 0) is 42.9 Å². The fraction of sp³-hybridized carbons (Fsp3) is 0.390. The molecule has 2 saturated heterocycles. The monoisotopic (exact) mass is 789 g/mol. The Morgan fingerprint density at radius 1 is 0.786 bits per heavy atom. The molecule has 0 bridgehead atoms. The zero-order valence-corrected chi connectivity index (χ0v) is 32.2. The Morgan fingerprint density at radius 3 is 2.05 bits per heavy atom. The molecule has 2 fully saturated rings. The highest BCUT2D eigenvalue weighted by Gasteiger charge is 2.56. The summed E-state index contributed by atoms with van der Waals surface area (Å²) in [4.78, 5) is 66.8. The van der Waals surface area contributed by atoms with Crippen molar-refractivity contribution in [3.05, 3.63) is 77.9 Å². The Labute approximate surface area is 327 Å². The van der Waals surface area contributed by atoms with Crippen molar-refractivity contribution in [2.75, 3.05) is 33.4 Å². The van der Waals surface area contributed by atoms with Crippen LogP contribution in [0, 0.1) is 0 Å². The summed E-state index contributed by atoms with van der Waals surface area (Å²) in [5.74, 6) is -2.73. The van der Waals surface area contributed by atoms with Gasteiger partial charge in [-0.05, 0) is 98.2 Å². The Hall–Kier alpha value is -5.51. The van der Waals surface area contributed by atoms with Gasteiger partial charge in [-0.1, -0.05) is 6.42 Å². The number of thiophene rings is 1. The summed E-state index contributed by atoms with van der Waals surface area (Å²) in [6.07, 6.45) is -4.09. The molecule has 2 aliphatic rings. The number of likely N-dealkylation sites (tertiary alicyclic amines) is 1. The van der Waals surface area contributed by atoms with Gasteiger partial charge in [0.1, 0.15) is 23.9 Å². The minimum atomic E-state index is -1.63. The van der Waals surface area contributed by atoms with Crippen LogP contribution in [0.3, 0.4) is 0 Å². The van der Waals surface area contributed by atoms with Crippen molar-refractivity contribution in [2.24, 2.45) is 0 Å². The Balaban J connectivity index is 1.32. The summed E-state index contributed by atoms with van der Waals surface area (Å²) < 4.78 is 39.9. The van der Waals surface area contributed by atoms with Gasteiger partial charge in [0.2, 0.25) is 12.4 Å². The number of benzene rings is 3. The van der Waals surface area contributed by atoms with Gasteiger partial charge < -0.3 is 38.3 Å². The molecule has 3 heterocycles. The number of phenolic OH excluding ortho intramolecular Hbond substituents is 1. The zero-order chi connectivity index (χ0) is 39.9. The van der Waals surface area contributed by atoms with E-state index < -0.39 is 54.6 Å². The number of rotatable bonds is 13. The second kappa shape index (κ2) is 18.0. The molecule has 6 rings (SSSR count). The van der Waals surface area contributed by atoms with Gasteiger partial charge in [-0.25, -0.2) is 4.79 Å². The zero-order valence-electron chi connectivity index (χ0n) is 31.4. The maximum Gasteiger partial charge on any atom is 0.339 e. The smallest absolute Gasteiger partial charge is 0.339 e. The molecule has 0 spiro atoms. The van der Waals surface area contributed by atoms with Crippen molar-refractivity contribution in [3.63, 3.8) is 0 Å². The molecular formula is C41H43NO13S. The number of carbonyl (C=O) groups excluding carboxylic acids is 5. The Bertz CT molecular complexity index is 2060. The molecule has 5 atom stereocenters. The van der Waals surface area contributed by atoms with Gasteiger partial charge >= 0.3 is 23.9 Å². The third-order valence-electron chi connectivity index (χ3n) is 9.35. The van der Waals surface area contributed by atoms with E-state index in [0.29, 0.717) is 44.0 Å². The predicted molar refractivity (Wildman–Crippen MR) is 203 cm³/mol. The van der Waals surface area contributed by atoms with E-state index in [2.05, 4.69) is 4.90 Å². The summed E-state index contributed by atoms with van der Waals surface area (Å²) in [6, 6.07) is 18.5. The average Bonchev–Trinajstić information content (AvgIpc) is 3.55. The molecule has 4 aromatic rings. The van der Waals surface area contributed by atoms with Gasteiger partial charge in [-0.15, -0.1) is 11.3 Å². The molecule has 5 unspecified atom stereocenters. The van der Waals surface area contributed by atoms with E-state index in [9.17, 15) is 29.1 Å². The van der Waals surface area contributed by atoms with Gasteiger partial charge in [0.15, 0.2) is 24.1 Å². The number of nitrogens with zero attached hydrogens (tertiary/aromatic N) is 1. The maximum atomic E-state index is 14.3. The average molecular weight is 790 g/mol. The first-order valence-corrected chi connectivity index (χ1v) is 19.0. The van der Waals surface area contributed by atoms with E-state index in [0.717, 1.165) is 47.5 Å². The summed E-state index contributed by atoms with van der Waals surface area (Å²) in [5, 5.41) is 10.6. The Kier molecular flexibility index (Phi) is 12.9. The number of methoxy groups -OCH3 is 1. The first-order chi connectivity index (χ1) is 26.9. The highest BCUT2D eigenvalue weighted by atomic mass is 32.1. The number of carbonyl (C=O) groups is 5. The van der Waals surface area contributed by atoms with Crippen LogP contribution < -0.4 is 9.47 Å². The van der Waals surface area contributed by atoms with Gasteiger partial charge in [-0.3, -0.25) is 24.1 Å². The first-order valence-electron chi connectivity index (χ1n) is 18.2. The number of aromatic hydroxyl groups is 1. The third-order valence-corrected chi connectivity index (χ3v) is 10.5. The third kappa shape index (κ3) is 9.46. The molecule has 0 aliphatic carbocycles. The summed E-state index contributed by atoms with van der Waals surface area (Å²) >= 11 is 1.31. The minimum absolute atomic E-state index is 0.0670. The van der Waals surface area contributed by atoms with Crippen molar-refractivity contribution >= 4 is 51.1 Å². The highest BCUT2D eigenvalue weighted by Crippen LogP contribution is 2.42. The standard InChI is InChI=1S/C41H43NO13S/c1-23(43)51-35-36(52-24(2)44)38(53-25(3)45)41(55-37(35)40(48)49-4)54-30-16-17-31-32(22-30)56-39(27-8-12-28(46)13-9-27)33(31)34(47)26-10-14-29(15-11-26)50-21-20-42-18-6-5-7-19-42/h8-17,22,35-38,41,46H,5-7,18-21H2,1-4H3. The lowest BCUT2D eigenvalue weighted by atomic mass is 9.97. The van der Waals surface area contributed by atoms with Crippen molar-refractivity contribution in [1.82, 2.24) is 4.90 Å². The lowest BCUT2D eigenvalue weighted by molar-refractivity contribution is -0.282. The Morgan fingerprint density at radius 2 is 1.41 bits per heavy atom. The summed E-state index contributed by atoms with van der Waals surface area (Å²) in [6.45, 7) is 6.86. The fourth-order valence-corrected chi connectivity index (χ4v) is 8.06. The van der Waals surface area contributed by atoms with Gasteiger partial charge in [0, 0.05) is 53.4 Å². The van der Waals surface area contributed by atoms with Crippen molar-refractivity contribution < 1.29 is 62.2 Å². The molecule has 0 radical (unpaired) electrons.